The van der Waals surface area contributed by atoms with E-state index in [1.807, 2.05) is 49.0 Å². The average molecular weight is 348 g/mol. The van der Waals surface area contributed by atoms with Crippen LogP contribution in [-0.4, -0.2) is 20.7 Å². The highest BCUT2D eigenvalue weighted by Crippen LogP contribution is 2.22. The summed E-state index contributed by atoms with van der Waals surface area (Å²) in [6, 6.07) is 11.9. The molecular formula is C21H24N4O. The number of rotatable bonds is 6. The van der Waals surface area contributed by atoms with Crippen LogP contribution in [0.1, 0.15) is 41.8 Å². The van der Waals surface area contributed by atoms with E-state index in [0.29, 0.717) is 12.8 Å². The van der Waals surface area contributed by atoms with Crippen molar-refractivity contribution >= 4 is 5.91 Å². The Morgan fingerprint density at radius 2 is 1.88 bits per heavy atom. The number of carbonyl (C=O) groups is 1. The van der Waals surface area contributed by atoms with E-state index in [1.165, 1.54) is 5.56 Å². The maximum atomic E-state index is 12.3. The molecule has 0 saturated carbocycles. The van der Waals surface area contributed by atoms with Gasteiger partial charge in [0, 0.05) is 30.1 Å². The number of hydrogen-bond acceptors (Lipinski definition) is 3. The number of nitrogens with one attached hydrogen (secondary N) is 1. The second-order valence-corrected chi connectivity index (χ2v) is 6.53. The van der Waals surface area contributed by atoms with E-state index in [9.17, 15) is 4.79 Å². The second kappa shape index (κ2) is 7.95. The smallest absolute Gasteiger partial charge is 0.220 e. The third kappa shape index (κ3) is 3.99. The highest BCUT2D eigenvalue weighted by atomic mass is 16.1. The molecular weight excluding hydrogens is 324 g/mol. The third-order valence-electron chi connectivity index (χ3n) is 4.63. The third-order valence-corrected chi connectivity index (χ3v) is 4.63. The Balaban J connectivity index is 1.66. The molecule has 134 valence electrons. The Morgan fingerprint density at radius 1 is 1.15 bits per heavy atom. The van der Waals surface area contributed by atoms with E-state index in [0.717, 1.165) is 22.5 Å². The highest BCUT2D eigenvalue weighted by Gasteiger charge is 2.16. The van der Waals surface area contributed by atoms with Crippen molar-refractivity contribution < 1.29 is 4.79 Å². The van der Waals surface area contributed by atoms with Gasteiger partial charge in [0.15, 0.2) is 0 Å². The molecule has 0 aliphatic carbocycles. The molecule has 3 rings (SSSR count). The molecule has 2 heterocycles. The van der Waals surface area contributed by atoms with Gasteiger partial charge in [0.05, 0.1) is 17.9 Å². The zero-order valence-corrected chi connectivity index (χ0v) is 15.4. The lowest BCUT2D eigenvalue weighted by atomic mass is 10.1. The van der Waals surface area contributed by atoms with Gasteiger partial charge in [-0.25, -0.2) is 4.68 Å². The topological polar surface area (TPSA) is 59.8 Å². The number of amides is 1. The molecule has 0 bridgehead atoms. The molecule has 3 aromatic rings. The van der Waals surface area contributed by atoms with Gasteiger partial charge in [-0.3, -0.25) is 9.78 Å². The fraction of sp³-hybridized carbons (Fsp3) is 0.286. The van der Waals surface area contributed by atoms with Gasteiger partial charge in [-0.05, 0) is 56.5 Å². The van der Waals surface area contributed by atoms with Crippen LogP contribution in [0, 0.1) is 13.8 Å². The Labute approximate surface area is 154 Å². The van der Waals surface area contributed by atoms with E-state index in [4.69, 9.17) is 0 Å². The number of benzene rings is 1. The van der Waals surface area contributed by atoms with Crippen LogP contribution in [0.4, 0.5) is 0 Å². The zero-order chi connectivity index (χ0) is 18.5. The summed E-state index contributed by atoms with van der Waals surface area (Å²) < 4.78 is 1.93. The lowest BCUT2D eigenvalue weighted by Gasteiger charge is -2.15. The standard InChI is InChI=1S/C21H24N4O/c1-15-6-4-5-7-20(15)25-17(3)19(14-23-25)16(2)24-21(26)9-8-18-10-12-22-13-11-18/h4-7,10-14,16H,8-9H2,1-3H3,(H,24,26)/t16-/m1/s1. The maximum absolute atomic E-state index is 12.3. The molecule has 1 aromatic carbocycles. The van der Waals surface area contributed by atoms with Gasteiger partial charge in [-0.15, -0.1) is 0 Å². The Hall–Kier alpha value is -2.95. The lowest BCUT2D eigenvalue weighted by Crippen LogP contribution is -2.27. The molecule has 2 aromatic heterocycles. The van der Waals surface area contributed by atoms with Crippen molar-refractivity contribution in [3.8, 4) is 5.69 Å². The minimum absolute atomic E-state index is 0.0392. The van der Waals surface area contributed by atoms with Crippen LogP contribution in [0.5, 0.6) is 0 Å². The fourth-order valence-corrected chi connectivity index (χ4v) is 3.09. The van der Waals surface area contributed by atoms with Crippen LogP contribution in [-0.2, 0) is 11.2 Å². The summed E-state index contributed by atoms with van der Waals surface area (Å²) in [5.74, 6) is 0.0392. The van der Waals surface area contributed by atoms with E-state index in [-0.39, 0.29) is 11.9 Å². The molecule has 5 heteroatoms. The Bertz CT molecular complexity index is 886. The first-order chi connectivity index (χ1) is 12.6. The Morgan fingerprint density at radius 3 is 2.62 bits per heavy atom. The van der Waals surface area contributed by atoms with E-state index < -0.39 is 0 Å². The van der Waals surface area contributed by atoms with Crippen molar-refractivity contribution in [2.24, 2.45) is 0 Å². The number of aromatic nitrogens is 3. The highest BCUT2D eigenvalue weighted by molar-refractivity contribution is 5.76. The second-order valence-electron chi connectivity index (χ2n) is 6.53. The van der Waals surface area contributed by atoms with Crippen LogP contribution < -0.4 is 5.32 Å². The van der Waals surface area contributed by atoms with Crippen LogP contribution in [0.15, 0.2) is 55.0 Å². The van der Waals surface area contributed by atoms with Crippen LogP contribution >= 0.6 is 0 Å². The first-order valence-electron chi connectivity index (χ1n) is 8.85. The molecule has 0 radical (unpaired) electrons. The quantitative estimate of drug-likeness (QED) is 0.739. The normalized spacial score (nSPS) is 12.0. The monoisotopic (exact) mass is 348 g/mol. The van der Waals surface area contributed by atoms with Crippen molar-refractivity contribution in [2.75, 3.05) is 0 Å². The summed E-state index contributed by atoms with van der Waals surface area (Å²) in [6.45, 7) is 6.10. The molecule has 26 heavy (non-hydrogen) atoms. The van der Waals surface area contributed by atoms with Gasteiger partial charge in [0.1, 0.15) is 0 Å². The molecule has 0 aliphatic heterocycles. The van der Waals surface area contributed by atoms with Crippen molar-refractivity contribution in [3.05, 3.63) is 77.4 Å². The summed E-state index contributed by atoms with van der Waals surface area (Å²) in [5, 5.41) is 7.61. The lowest BCUT2D eigenvalue weighted by molar-refractivity contribution is -0.121. The fourth-order valence-electron chi connectivity index (χ4n) is 3.09. The molecule has 1 amide bonds. The van der Waals surface area contributed by atoms with Crippen molar-refractivity contribution in [1.82, 2.24) is 20.1 Å². The van der Waals surface area contributed by atoms with Gasteiger partial charge >= 0.3 is 0 Å². The number of carbonyl (C=O) groups excluding carboxylic acids is 1. The predicted molar refractivity (Wildman–Crippen MR) is 102 cm³/mol. The molecule has 5 nitrogen and oxygen atoms in total. The van der Waals surface area contributed by atoms with Gasteiger partial charge < -0.3 is 5.32 Å². The molecule has 0 aliphatic rings. The molecule has 1 atom stereocenters. The van der Waals surface area contributed by atoms with Crippen LogP contribution in [0.2, 0.25) is 0 Å². The summed E-state index contributed by atoms with van der Waals surface area (Å²) >= 11 is 0. The minimum atomic E-state index is -0.0855. The number of para-hydroxylation sites is 1. The summed E-state index contributed by atoms with van der Waals surface area (Å²) in [6.07, 6.45) is 6.51. The largest absolute Gasteiger partial charge is 0.349 e. The van der Waals surface area contributed by atoms with Crippen LogP contribution in [0.25, 0.3) is 5.69 Å². The maximum Gasteiger partial charge on any atom is 0.220 e. The molecule has 0 saturated heterocycles. The number of hydrogen-bond donors (Lipinski definition) is 1. The molecule has 0 fully saturated rings. The predicted octanol–water partition coefficient (Wildman–Crippen LogP) is 3.69. The van der Waals surface area contributed by atoms with Gasteiger partial charge in [0.25, 0.3) is 0 Å². The van der Waals surface area contributed by atoms with Gasteiger partial charge in [-0.2, -0.15) is 5.10 Å². The molecule has 0 unspecified atom stereocenters. The van der Waals surface area contributed by atoms with Crippen LogP contribution in [0.3, 0.4) is 0 Å². The SMILES string of the molecule is Cc1ccccc1-n1ncc([C@@H](C)NC(=O)CCc2ccncc2)c1C. The van der Waals surface area contributed by atoms with Crippen molar-refractivity contribution in [3.63, 3.8) is 0 Å². The van der Waals surface area contributed by atoms with Gasteiger partial charge in [0.2, 0.25) is 5.91 Å². The van der Waals surface area contributed by atoms with Gasteiger partial charge in [-0.1, -0.05) is 18.2 Å². The summed E-state index contributed by atoms with van der Waals surface area (Å²) in [4.78, 5) is 16.3. The molecule has 1 N–H and O–H groups in total. The van der Waals surface area contributed by atoms with E-state index in [2.05, 4.69) is 34.5 Å². The molecule has 0 spiro atoms. The number of nitrogens with zero attached hydrogens (tertiary/aromatic N) is 3. The zero-order valence-electron chi connectivity index (χ0n) is 15.4. The number of aryl methyl sites for hydroxylation is 2. The van der Waals surface area contributed by atoms with Crippen molar-refractivity contribution in [1.29, 1.82) is 0 Å². The van der Waals surface area contributed by atoms with Crippen molar-refractivity contribution in [2.45, 2.75) is 39.7 Å². The van der Waals surface area contributed by atoms with E-state index in [1.54, 1.807) is 12.4 Å². The summed E-state index contributed by atoms with van der Waals surface area (Å²) in [5.41, 5.74) is 5.42. The number of pyridine rings is 1. The minimum Gasteiger partial charge on any atom is -0.349 e. The first kappa shape index (κ1) is 17.9. The first-order valence-corrected chi connectivity index (χ1v) is 8.85. The Kier molecular flexibility index (Phi) is 5.46. The van der Waals surface area contributed by atoms with E-state index >= 15 is 0 Å². The average Bonchev–Trinajstić information content (AvgIpc) is 3.03. The summed E-state index contributed by atoms with van der Waals surface area (Å²) in [7, 11) is 0.